The molecule has 0 bridgehead atoms. The van der Waals surface area contributed by atoms with Gasteiger partial charge < -0.3 is 0 Å². The molecule has 76 valence electrons. The van der Waals surface area contributed by atoms with Crippen LogP contribution in [0.5, 0.6) is 0 Å². The molecule has 0 spiro atoms. The van der Waals surface area contributed by atoms with Gasteiger partial charge in [0.15, 0.2) is 0 Å². The molecule has 1 rings (SSSR count). The first-order valence-electron chi connectivity index (χ1n) is 4.31. The Balaban J connectivity index is 2.52. The second-order valence-electron chi connectivity index (χ2n) is 3.44. The molecule has 3 nitrogen and oxygen atoms in total. The SMILES string of the molecule is C=CCCCC1(S(=O)(=O)NCl)CC1. The van der Waals surface area contributed by atoms with Gasteiger partial charge in [0.1, 0.15) is 0 Å². The summed E-state index contributed by atoms with van der Waals surface area (Å²) in [5, 5.41) is 0. The molecule has 0 radical (unpaired) electrons. The quantitative estimate of drug-likeness (QED) is 0.425. The molecule has 13 heavy (non-hydrogen) atoms. The van der Waals surface area contributed by atoms with Crippen molar-refractivity contribution in [1.82, 2.24) is 4.24 Å². The summed E-state index contributed by atoms with van der Waals surface area (Å²) in [6.45, 7) is 3.59. The van der Waals surface area contributed by atoms with Crippen molar-refractivity contribution in [2.45, 2.75) is 36.9 Å². The van der Waals surface area contributed by atoms with Crippen molar-refractivity contribution < 1.29 is 8.42 Å². The maximum atomic E-state index is 11.4. The lowest BCUT2D eigenvalue weighted by atomic mass is 10.2. The Morgan fingerprint density at radius 3 is 2.54 bits per heavy atom. The predicted molar refractivity (Wildman–Crippen MR) is 53.9 cm³/mol. The number of sulfonamides is 1. The van der Waals surface area contributed by atoms with Gasteiger partial charge in [-0.25, -0.2) is 8.42 Å². The van der Waals surface area contributed by atoms with Crippen molar-refractivity contribution in [3.05, 3.63) is 12.7 Å². The molecular weight excluding hydrogens is 210 g/mol. The Morgan fingerprint density at radius 1 is 1.54 bits per heavy atom. The summed E-state index contributed by atoms with van der Waals surface area (Å²) in [6.07, 6.45) is 5.66. The fourth-order valence-electron chi connectivity index (χ4n) is 1.44. The highest BCUT2D eigenvalue weighted by Crippen LogP contribution is 2.47. The van der Waals surface area contributed by atoms with Crippen molar-refractivity contribution in [3.63, 3.8) is 0 Å². The highest BCUT2D eigenvalue weighted by atomic mass is 35.5. The van der Waals surface area contributed by atoms with Gasteiger partial charge in [0, 0.05) is 0 Å². The summed E-state index contributed by atoms with van der Waals surface area (Å²) >= 11 is 5.17. The summed E-state index contributed by atoms with van der Waals surface area (Å²) in [7, 11) is -3.29. The van der Waals surface area contributed by atoms with Crippen molar-refractivity contribution in [3.8, 4) is 0 Å². The minimum absolute atomic E-state index is 0.572. The molecule has 1 aliphatic carbocycles. The molecule has 1 fully saturated rings. The zero-order valence-corrected chi connectivity index (χ0v) is 9.00. The lowest BCUT2D eigenvalue weighted by Crippen LogP contribution is -2.30. The van der Waals surface area contributed by atoms with E-state index in [0.717, 1.165) is 25.7 Å². The molecule has 5 heteroatoms. The summed E-state index contributed by atoms with van der Waals surface area (Å²) in [5.41, 5.74) is 0. The van der Waals surface area contributed by atoms with Gasteiger partial charge in [-0.1, -0.05) is 6.08 Å². The summed E-state index contributed by atoms with van der Waals surface area (Å²) in [5.74, 6) is 0. The molecule has 0 aliphatic heterocycles. The second-order valence-corrected chi connectivity index (χ2v) is 5.93. The zero-order valence-electron chi connectivity index (χ0n) is 7.42. The van der Waals surface area contributed by atoms with Gasteiger partial charge in [0.2, 0.25) is 10.0 Å². The van der Waals surface area contributed by atoms with E-state index in [1.165, 1.54) is 0 Å². The lowest BCUT2D eigenvalue weighted by Gasteiger charge is -2.12. The third-order valence-corrected chi connectivity index (χ3v) is 5.08. The average Bonchev–Trinajstić information content (AvgIpc) is 2.87. The zero-order chi connectivity index (χ0) is 9.95. The fraction of sp³-hybridized carbons (Fsp3) is 0.750. The standard InChI is InChI=1S/C8H14ClNO2S/c1-2-3-4-5-8(6-7-8)13(11,12)10-9/h2,10H,1,3-7H2. The Morgan fingerprint density at radius 2 is 2.15 bits per heavy atom. The molecule has 0 aromatic rings. The smallest absolute Gasteiger partial charge is 0.211 e. The number of nitrogens with one attached hydrogen (secondary N) is 1. The van der Waals surface area contributed by atoms with Gasteiger partial charge in [0.25, 0.3) is 0 Å². The van der Waals surface area contributed by atoms with Gasteiger partial charge in [-0.15, -0.1) is 10.8 Å². The van der Waals surface area contributed by atoms with Gasteiger partial charge in [-0.05, 0) is 43.9 Å². The molecule has 0 saturated heterocycles. The molecular formula is C8H14ClNO2S. The van der Waals surface area contributed by atoms with Gasteiger partial charge in [0.05, 0.1) is 4.75 Å². The third kappa shape index (κ3) is 2.24. The fourth-order valence-corrected chi connectivity index (χ4v) is 3.15. The topological polar surface area (TPSA) is 46.2 Å². The first kappa shape index (κ1) is 11.0. The van der Waals surface area contributed by atoms with E-state index in [9.17, 15) is 8.42 Å². The monoisotopic (exact) mass is 223 g/mol. The Kier molecular flexibility index (Phi) is 3.38. The van der Waals surface area contributed by atoms with Crippen molar-refractivity contribution >= 4 is 21.8 Å². The van der Waals surface area contributed by atoms with Crippen LogP contribution >= 0.6 is 11.8 Å². The number of hydrogen-bond acceptors (Lipinski definition) is 2. The molecule has 1 N–H and O–H groups in total. The van der Waals surface area contributed by atoms with E-state index in [1.54, 1.807) is 6.08 Å². The average molecular weight is 224 g/mol. The Bertz CT molecular complexity index is 283. The van der Waals surface area contributed by atoms with E-state index < -0.39 is 14.8 Å². The Labute approximate surface area is 84.3 Å². The number of hydrogen-bond donors (Lipinski definition) is 1. The first-order chi connectivity index (χ1) is 6.08. The lowest BCUT2D eigenvalue weighted by molar-refractivity contribution is 0.559. The summed E-state index contributed by atoms with van der Waals surface area (Å²) in [4.78, 5) is 0. The maximum Gasteiger partial charge on any atom is 0.230 e. The van der Waals surface area contributed by atoms with Crippen LogP contribution in [-0.2, 0) is 10.0 Å². The predicted octanol–water partition coefficient (Wildman–Crippen LogP) is 1.95. The van der Waals surface area contributed by atoms with Crippen LogP contribution in [0.15, 0.2) is 12.7 Å². The second kappa shape index (κ2) is 3.98. The van der Waals surface area contributed by atoms with Gasteiger partial charge in [-0.3, -0.25) is 0 Å². The van der Waals surface area contributed by atoms with Crippen LogP contribution in [0.1, 0.15) is 32.1 Å². The van der Waals surface area contributed by atoms with E-state index >= 15 is 0 Å². The molecule has 0 amide bonds. The van der Waals surface area contributed by atoms with E-state index in [4.69, 9.17) is 11.8 Å². The number of rotatable bonds is 6. The molecule has 0 aromatic heterocycles. The molecule has 0 atom stereocenters. The van der Waals surface area contributed by atoms with Crippen molar-refractivity contribution in [2.24, 2.45) is 0 Å². The summed E-state index contributed by atoms with van der Waals surface area (Å²) < 4.78 is 24.1. The molecule has 1 saturated carbocycles. The van der Waals surface area contributed by atoms with Crippen LogP contribution in [-0.4, -0.2) is 13.2 Å². The van der Waals surface area contributed by atoms with Crippen molar-refractivity contribution in [1.29, 1.82) is 0 Å². The van der Waals surface area contributed by atoms with E-state index in [1.807, 2.05) is 4.24 Å². The van der Waals surface area contributed by atoms with Crippen LogP contribution in [0, 0.1) is 0 Å². The van der Waals surface area contributed by atoms with Crippen LogP contribution in [0.3, 0.4) is 0 Å². The molecule has 1 aliphatic rings. The van der Waals surface area contributed by atoms with Crippen molar-refractivity contribution in [2.75, 3.05) is 0 Å². The minimum atomic E-state index is -3.29. The van der Waals surface area contributed by atoms with Crippen LogP contribution in [0.2, 0.25) is 0 Å². The van der Waals surface area contributed by atoms with Crippen LogP contribution in [0.25, 0.3) is 0 Å². The molecule has 0 heterocycles. The largest absolute Gasteiger partial charge is 0.230 e. The Hall–Kier alpha value is -0.0600. The van der Waals surface area contributed by atoms with E-state index in [-0.39, 0.29) is 0 Å². The van der Waals surface area contributed by atoms with E-state index in [0.29, 0.717) is 6.42 Å². The summed E-state index contributed by atoms with van der Waals surface area (Å²) in [6, 6.07) is 0. The third-order valence-electron chi connectivity index (χ3n) is 2.52. The van der Waals surface area contributed by atoms with E-state index in [2.05, 4.69) is 6.58 Å². The number of allylic oxidation sites excluding steroid dienone is 1. The van der Waals surface area contributed by atoms with Gasteiger partial charge in [-0.2, -0.15) is 0 Å². The number of halogens is 1. The van der Waals surface area contributed by atoms with Crippen LogP contribution in [0.4, 0.5) is 0 Å². The number of unbranched alkanes of at least 4 members (excludes halogenated alkanes) is 1. The molecule has 0 unspecified atom stereocenters. The molecule has 0 aromatic carbocycles. The highest BCUT2D eigenvalue weighted by molar-refractivity contribution is 7.92. The van der Waals surface area contributed by atoms with Crippen LogP contribution < -0.4 is 4.24 Å². The van der Waals surface area contributed by atoms with Gasteiger partial charge >= 0.3 is 0 Å². The highest BCUT2D eigenvalue weighted by Gasteiger charge is 2.53. The first-order valence-corrected chi connectivity index (χ1v) is 6.17. The normalized spacial score (nSPS) is 19.8. The maximum absolute atomic E-state index is 11.4. The minimum Gasteiger partial charge on any atom is -0.211 e.